The molecule has 0 aliphatic heterocycles. The summed E-state index contributed by atoms with van der Waals surface area (Å²) in [4.78, 5) is 0. The molecule has 2 rings (SSSR count). The largest absolute Gasteiger partial charge is 0.492 e. The van der Waals surface area contributed by atoms with E-state index in [1.807, 2.05) is 31.2 Å². The lowest BCUT2D eigenvalue weighted by atomic mass is 10.2. The number of aryl methyl sites for hydroxylation is 2. The maximum Gasteiger partial charge on any atom is 0.315 e. The van der Waals surface area contributed by atoms with Crippen molar-refractivity contribution >= 4 is 17.6 Å². The van der Waals surface area contributed by atoms with Crippen molar-refractivity contribution in [3.8, 4) is 5.75 Å². The molecule has 0 saturated heterocycles. The Labute approximate surface area is 116 Å². The van der Waals surface area contributed by atoms with E-state index in [2.05, 4.69) is 15.5 Å². The van der Waals surface area contributed by atoms with Gasteiger partial charge in [-0.25, -0.2) is 0 Å². The van der Waals surface area contributed by atoms with Gasteiger partial charge in [-0.1, -0.05) is 17.2 Å². The van der Waals surface area contributed by atoms with E-state index in [1.165, 1.54) is 5.56 Å². The quantitative estimate of drug-likeness (QED) is 0.624. The minimum atomic E-state index is 0.396. The van der Waals surface area contributed by atoms with Crippen molar-refractivity contribution in [1.29, 1.82) is 0 Å². The van der Waals surface area contributed by atoms with Crippen LogP contribution in [0.25, 0.3) is 0 Å². The van der Waals surface area contributed by atoms with Crippen LogP contribution in [0.2, 0.25) is 0 Å². The van der Waals surface area contributed by atoms with Crippen LogP contribution >= 0.6 is 11.6 Å². The number of nitrogens with one attached hydrogen (secondary N) is 1. The van der Waals surface area contributed by atoms with Gasteiger partial charge in [0.15, 0.2) is 0 Å². The Morgan fingerprint density at radius 1 is 1.37 bits per heavy atom. The second kappa shape index (κ2) is 6.99. The van der Waals surface area contributed by atoms with E-state index >= 15 is 0 Å². The van der Waals surface area contributed by atoms with Gasteiger partial charge in [0.25, 0.3) is 0 Å². The van der Waals surface area contributed by atoms with E-state index in [-0.39, 0.29) is 0 Å². The van der Waals surface area contributed by atoms with Gasteiger partial charge < -0.3 is 14.5 Å². The van der Waals surface area contributed by atoms with Crippen LogP contribution in [0.4, 0.5) is 6.01 Å². The molecule has 0 saturated carbocycles. The summed E-state index contributed by atoms with van der Waals surface area (Å²) < 4.78 is 10.9. The van der Waals surface area contributed by atoms with Crippen LogP contribution < -0.4 is 10.1 Å². The molecule has 102 valence electrons. The predicted octanol–water partition coefficient (Wildman–Crippen LogP) is 2.65. The molecule has 0 aliphatic carbocycles. The first-order valence-corrected chi connectivity index (χ1v) is 6.63. The average Bonchev–Trinajstić information content (AvgIpc) is 2.83. The molecule has 1 N–H and O–H groups in total. The molecule has 0 fully saturated rings. The third-order valence-electron chi connectivity index (χ3n) is 2.41. The van der Waals surface area contributed by atoms with Gasteiger partial charge in [0.2, 0.25) is 5.89 Å². The highest BCUT2D eigenvalue weighted by Crippen LogP contribution is 2.12. The van der Waals surface area contributed by atoms with Gasteiger partial charge in [0.1, 0.15) is 12.4 Å². The Morgan fingerprint density at radius 3 is 3.05 bits per heavy atom. The number of alkyl halides is 1. The molecule has 0 aliphatic rings. The molecular formula is C13H16ClN3O2. The number of hydrogen-bond acceptors (Lipinski definition) is 5. The molecular weight excluding hydrogens is 266 g/mol. The van der Waals surface area contributed by atoms with E-state index in [1.54, 1.807) is 0 Å². The van der Waals surface area contributed by atoms with Crippen LogP contribution in [0.1, 0.15) is 11.5 Å². The van der Waals surface area contributed by atoms with Crippen molar-refractivity contribution in [2.24, 2.45) is 0 Å². The van der Waals surface area contributed by atoms with Gasteiger partial charge in [-0.15, -0.1) is 16.7 Å². The number of ether oxygens (including phenoxy) is 1. The lowest BCUT2D eigenvalue weighted by molar-refractivity contribution is 0.331. The molecule has 0 atom stereocenters. The smallest absolute Gasteiger partial charge is 0.315 e. The molecule has 0 unspecified atom stereocenters. The van der Waals surface area contributed by atoms with Gasteiger partial charge >= 0.3 is 6.01 Å². The first kappa shape index (κ1) is 13.7. The monoisotopic (exact) mass is 281 g/mol. The minimum absolute atomic E-state index is 0.396. The summed E-state index contributed by atoms with van der Waals surface area (Å²) in [5.41, 5.74) is 1.17. The van der Waals surface area contributed by atoms with Crippen LogP contribution in [0.3, 0.4) is 0 Å². The van der Waals surface area contributed by atoms with E-state index in [0.29, 0.717) is 37.4 Å². The average molecular weight is 282 g/mol. The van der Waals surface area contributed by atoms with Gasteiger partial charge in [-0.05, 0) is 24.6 Å². The van der Waals surface area contributed by atoms with Crippen LogP contribution in [-0.2, 0) is 6.42 Å². The van der Waals surface area contributed by atoms with Crippen LogP contribution in [0.5, 0.6) is 5.75 Å². The standard InChI is InChI=1S/C13H16ClN3O2/c1-10-3-2-4-11(9-10)18-8-7-15-13-17-16-12(19-13)5-6-14/h2-4,9H,5-8H2,1H3,(H,15,17). The number of hydrogen-bond donors (Lipinski definition) is 1. The zero-order valence-electron chi connectivity index (χ0n) is 10.7. The van der Waals surface area contributed by atoms with E-state index < -0.39 is 0 Å². The van der Waals surface area contributed by atoms with Crippen molar-refractivity contribution < 1.29 is 9.15 Å². The first-order chi connectivity index (χ1) is 9.28. The third kappa shape index (κ3) is 4.44. The zero-order valence-corrected chi connectivity index (χ0v) is 11.5. The number of anilines is 1. The van der Waals surface area contributed by atoms with Gasteiger partial charge in [-0.3, -0.25) is 0 Å². The summed E-state index contributed by atoms with van der Waals surface area (Å²) in [7, 11) is 0. The summed E-state index contributed by atoms with van der Waals surface area (Å²) in [6, 6.07) is 8.31. The molecule has 19 heavy (non-hydrogen) atoms. The molecule has 1 aromatic carbocycles. The van der Waals surface area contributed by atoms with Gasteiger partial charge in [-0.2, -0.15) is 0 Å². The molecule has 6 heteroatoms. The maximum atomic E-state index is 5.59. The molecule has 0 amide bonds. The summed E-state index contributed by atoms with van der Waals surface area (Å²) in [5.74, 6) is 1.87. The Balaban J connectivity index is 1.71. The zero-order chi connectivity index (χ0) is 13.5. The lowest BCUT2D eigenvalue weighted by Crippen LogP contribution is -2.11. The first-order valence-electron chi connectivity index (χ1n) is 6.09. The maximum absolute atomic E-state index is 5.59. The van der Waals surface area contributed by atoms with E-state index in [4.69, 9.17) is 20.8 Å². The van der Waals surface area contributed by atoms with E-state index in [0.717, 1.165) is 5.75 Å². The predicted molar refractivity (Wildman–Crippen MR) is 73.9 cm³/mol. The molecule has 2 aromatic rings. The highest BCUT2D eigenvalue weighted by molar-refractivity contribution is 6.17. The summed E-state index contributed by atoms with van der Waals surface area (Å²) >= 11 is 5.58. The SMILES string of the molecule is Cc1cccc(OCCNc2nnc(CCCl)o2)c1. The van der Waals surface area contributed by atoms with Crippen LogP contribution in [-0.4, -0.2) is 29.2 Å². The summed E-state index contributed by atoms with van der Waals surface area (Å²) in [6.07, 6.45) is 0.579. The van der Waals surface area contributed by atoms with Gasteiger partial charge in [0, 0.05) is 12.3 Å². The van der Waals surface area contributed by atoms with Crippen molar-refractivity contribution in [1.82, 2.24) is 10.2 Å². The summed E-state index contributed by atoms with van der Waals surface area (Å²) in [6.45, 7) is 3.15. The van der Waals surface area contributed by atoms with Crippen molar-refractivity contribution in [2.45, 2.75) is 13.3 Å². The van der Waals surface area contributed by atoms with Crippen LogP contribution in [0.15, 0.2) is 28.7 Å². The number of nitrogens with zero attached hydrogens (tertiary/aromatic N) is 2. The van der Waals surface area contributed by atoms with Crippen molar-refractivity contribution in [3.05, 3.63) is 35.7 Å². The topological polar surface area (TPSA) is 60.2 Å². The molecule has 5 nitrogen and oxygen atoms in total. The molecule has 0 radical (unpaired) electrons. The lowest BCUT2D eigenvalue weighted by Gasteiger charge is -2.06. The second-order valence-corrected chi connectivity index (χ2v) is 4.41. The Bertz CT molecular complexity index is 516. The fourth-order valence-corrected chi connectivity index (χ4v) is 1.70. The second-order valence-electron chi connectivity index (χ2n) is 4.03. The molecule has 1 aromatic heterocycles. The normalized spacial score (nSPS) is 10.4. The van der Waals surface area contributed by atoms with Crippen molar-refractivity contribution in [2.75, 3.05) is 24.3 Å². The highest BCUT2D eigenvalue weighted by Gasteiger charge is 2.04. The summed E-state index contributed by atoms with van der Waals surface area (Å²) in [5, 5.41) is 10.7. The Kier molecular flexibility index (Phi) is 5.03. The Hall–Kier alpha value is -1.75. The van der Waals surface area contributed by atoms with Gasteiger partial charge in [0.05, 0.1) is 6.54 Å². The number of aromatic nitrogens is 2. The number of halogens is 1. The number of rotatable bonds is 7. The minimum Gasteiger partial charge on any atom is -0.492 e. The Morgan fingerprint density at radius 2 is 2.26 bits per heavy atom. The number of benzene rings is 1. The fraction of sp³-hybridized carbons (Fsp3) is 0.385. The van der Waals surface area contributed by atoms with Crippen LogP contribution in [0, 0.1) is 6.92 Å². The fourth-order valence-electron chi connectivity index (χ4n) is 1.54. The van der Waals surface area contributed by atoms with E-state index in [9.17, 15) is 0 Å². The molecule has 0 spiro atoms. The highest BCUT2D eigenvalue weighted by atomic mass is 35.5. The van der Waals surface area contributed by atoms with Crippen molar-refractivity contribution in [3.63, 3.8) is 0 Å². The molecule has 1 heterocycles. The molecule has 0 bridgehead atoms. The third-order valence-corrected chi connectivity index (χ3v) is 2.60.